The Hall–Kier alpha value is -1.22. The quantitative estimate of drug-likeness (QED) is 0.677. The second-order valence-electron chi connectivity index (χ2n) is 3.47. The summed E-state index contributed by atoms with van der Waals surface area (Å²) >= 11 is 1.46. The topological polar surface area (TPSA) is 0 Å². The molecule has 0 radical (unpaired) electrons. The van der Waals surface area contributed by atoms with E-state index >= 15 is 0 Å². The van der Waals surface area contributed by atoms with E-state index in [4.69, 9.17) is 0 Å². The van der Waals surface area contributed by atoms with Crippen LogP contribution in [-0.2, 0) is 0 Å². The molecule has 1 aromatic carbocycles. The Balaban J connectivity index is 2.59. The number of hydrogen-bond donors (Lipinski definition) is 0. The highest BCUT2D eigenvalue weighted by Crippen LogP contribution is 2.31. The van der Waals surface area contributed by atoms with E-state index in [1.54, 1.807) is 19.1 Å². The summed E-state index contributed by atoms with van der Waals surface area (Å²) < 4.78 is 26.9. The van der Waals surface area contributed by atoms with Crippen LogP contribution in [0.2, 0.25) is 0 Å². The van der Waals surface area contributed by atoms with Crippen molar-refractivity contribution in [1.29, 1.82) is 0 Å². The van der Waals surface area contributed by atoms with E-state index in [-0.39, 0.29) is 0 Å². The predicted molar refractivity (Wildman–Crippen MR) is 59.1 cm³/mol. The summed E-state index contributed by atoms with van der Waals surface area (Å²) in [6.07, 6.45) is 0. The molecule has 1 heterocycles. The van der Waals surface area contributed by atoms with Crippen molar-refractivity contribution in [3.8, 4) is 10.4 Å². The summed E-state index contributed by atoms with van der Waals surface area (Å²) in [5.41, 5.74) is 0.681. The molecular weight excluding hydrogens is 214 g/mol. The normalized spacial score (nSPS) is 10.7. The van der Waals surface area contributed by atoms with Gasteiger partial charge in [-0.2, -0.15) is 0 Å². The molecule has 3 heteroatoms. The number of rotatable bonds is 1. The molecule has 1 aromatic heterocycles. The van der Waals surface area contributed by atoms with Gasteiger partial charge in [-0.15, -0.1) is 11.3 Å². The van der Waals surface area contributed by atoms with Crippen LogP contribution in [0.3, 0.4) is 0 Å². The van der Waals surface area contributed by atoms with Crippen LogP contribution in [0.5, 0.6) is 0 Å². The van der Waals surface area contributed by atoms with Crippen LogP contribution >= 0.6 is 11.3 Å². The van der Waals surface area contributed by atoms with E-state index in [1.807, 2.05) is 19.1 Å². The molecule has 0 saturated heterocycles. The van der Waals surface area contributed by atoms with Gasteiger partial charge >= 0.3 is 0 Å². The Morgan fingerprint density at radius 3 is 2.27 bits per heavy atom. The van der Waals surface area contributed by atoms with Crippen LogP contribution in [0.15, 0.2) is 24.3 Å². The zero-order valence-electron chi connectivity index (χ0n) is 8.47. The second kappa shape index (κ2) is 3.74. The fourth-order valence-corrected chi connectivity index (χ4v) is 2.30. The lowest BCUT2D eigenvalue weighted by Crippen LogP contribution is -1.91. The highest BCUT2D eigenvalue weighted by Gasteiger charge is 2.13. The first-order valence-electron chi connectivity index (χ1n) is 4.61. The zero-order valence-corrected chi connectivity index (χ0v) is 9.29. The molecular formula is C12H10F2S. The van der Waals surface area contributed by atoms with Crippen molar-refractivity contribution in [3.63, 3.8) is 0 Å². The molecule has 2 aromatic rings. The molecule has 78 valence electrons. The molecule has 0 saturated carbocycles. The van der Waals surface area contributed by atoms with Crippen molar-refractivity contribution in [2.75, 3.05) is 0 Å². The SMILES string of the molecule is Cc1ccc(-c2ccc(C)c(F)c2F)s1. The van der Waals surface area contributed by atoms with E-state index in [0.717, 1.165) is 9.75 Å². The monoisotopic (exact) mass is 224 g/mol. The first-order chi connectivity index (χ1) is 7.09. The van der Waals surface area contributed by atoms with Gasteiger partial charge in [-0.3, -0.25) is 0 Å². The highest BCUT2D eigenvalue weighted by molar-refractivity contribution is 7.15. The van der Waals surface area contributed by atoms with Crippen LogP contribution in [0.25, 0.3) is 10.4 Å². The van der Waals surface area contributed by atoms with E-state index in [9.17, 15) is 8.78 Å². The minimum absolute atomic E-state index is 0.338. The molecule has 0 nitrogen and oxygen atoms in total. The van der Waals surface area contributed by atoms with Crippen molar-refractivity contribution in [2.24, 2.45) is 0 Å². The Bertz CT molecular complexity index is 500. The van der Waals surface area contributed by atoms with E-state index in [0.29, 0.717) is 11.1 Å². The van der Waals surface area contributed by atoms with Gasteiger partial charge in [0.2, 0.25) is 0 Å². The Morgan fingerprint density at radius 1 is 0.933 bits per heavy atom. The number of thiophene rings is 1. The van der Waals surface area contributed by atoms with Gasteiger partial charge in [0.1, 0.15) is 0 Å². The Morgan fingerprint density at radius 2 is 1.67 bits per heavy atom. The molecule has 0 aliphatic rings. The predicted octanol–water partition coefficient (Wildman–Crippen LogP) is 4.31. The molecule has 0 aliphatic heterocycles. The van der Waals surface area contributed by atoms with Gasteiger partial charge in [0.15, 0.2) is 11.6 Å². The third-order valence-corrected chi connectivity index (χ3v) is 3.32. The number of halogens is 2. The van der Waals surface area contributed by atoms with Crippen LogP contribution in [-0.4, -0.2) is 0 Å². The third kappa shape index (κ3) is 1.79. The number of aryl methyl sites for hydroxylation is 2. The highest BCUT2D eigenvalue weighted by atomic mass is 32.1. The molecule has 0 unspecified atom stereocenters. The minimum atomic E-state index is -0.753. The van der Waals surface area contributed by atoms with Crippen molar-refractivity contribution in [2.45, 2.75) is 13.8 Å². The molecule has 2 rings (SSSR count). The smallest absolute Gasteiger partial charge is 0.167 e. The average Bonchev–Trinajstić information content (AvgIpc) is 2.61. The molecule has 0 aliphatic carbocycles. The van der Waals surface area contributed by atoms with Gasteiger partial charge in [-0.1, -0.05) is 12.1 Å². The van der Waals surface area contributed by atoms with Gasteiger partial charge in [-0.25, -0.2) is 8.78 Å². The molecule has 0 atom stereocenters. The fourth-order valence-electron chi connectivity index (χ4n) is 1.42. The largest absolute Gasteiger partial charge is 0.203 e. The van der Waals surface area contributed by atoms with Crippen LogP contribution in [0.1, 0.15) is 10.4 Å². The molecule has 0 spiro atoms. The third-order valence-electron chi connectivity index (χ3n) is 2.28. The molecule has 15 heavy (non-hydrogen) atoms. The molecule has 0 amide bonds. The van der Waals surface area contributed by atoms with E-state index in [2.05, 4.69) is 0 Å². The van der Waals surface area contributed by atoms with Crippen LogP contribution in [0, 0.1) is 25.5 Å². The lowest BCUT2D eigenvalue weighted by atomic mass is 10.1. The summed E-state index contributed by atoms with van der Waals surface area (Å²) in [5, 5.41) is 0. The summed E-state index contributed by atoms with van der Waals surface area (Å²) in [7, 11) is 0. The van der Waals surface area contributed by atoms with Gasteiger partial charge in [0, 0.05) is 15.3 Å². The molecule has 0 bridgehead atoms. The molecule has 0 N–H and O–H groups in total. The van der Waals surface area contributed by atoms with E-state index < -0.39 is 11.6 Å². The average molecular weight is 224 g/mol. The van der Waals surface area contributed by atoms with Crippen LogP contribution < -0.4 is 0 Å². The van der Waals surface area contributed by atoms with Crippen molar-refractivity contribution < 1.29 is 8.78 Å². The van der Waals surface area contributed by atoms with Gasteiger partial charge in [0.05, 0.1) is 0 Å². The minimum Gasteiger partial charge on any atom is -0.203 e. The maximum Gasteiger partial charge on any atom is 0.167 e. The second-order valence-corrected chi connectivity index (χ2v) is 4.76. The lowest BCUT2D eigenvalue weighted by molar-refractivity contribution is 0.506. The Labute approximate surface area is 91.2 Å². The van der Waals surface area contributed by atoms with Crippen molar-refractivity contribution in [3.05, 3.63) is 46.3 Å². The van der Waals surface area contributed by atoms with Crippen molar-refractivity contribution >= 4 is 11.3 Å². The first kappa shape index (κ1) is 10.3. The molecule has 0 fully saturated rings. The van der Waals surface area contributed by atoms with Gasteiger partial charge < -0.3 is 0 Å². The maximum atomic E-state index is 13.6. The summed E-state index contributed by atoms with van der Waals surface area (Å²) in [6, 6.07) is 6.94. The zero-order chi connectivity index (χ0) is 11.0. The first-order valence-corrected chi connectivity index (χ1v) is 5.42. The maximum absolute atomic E-state index is 13.6. The fraction of sp³-hybridized carbons (Fsp3) is 0.167. The summed E-state index contributed by atoms with van der Waals surface area (Å²) in [4.78, 5) is 1.86. The van der Waals surface area contributed by atoms with Gasteiger partial charge in [0.25, 0.3) is 0 Å². The number of benzene rings is 1. The van der Waals surface area contributed by atoms with Gasteiger partial charge in [-0.05, 0) is 31.5 Å². The van der Waals surface area contributed by atoms with E-state index in [1.165, 1.54) is 11.3 Å². The standard InChI is InChI=1S/C12H10F2S/c1-7-3-5-9(12(14)11(7)13)10-6-4-8(2)15-10/h3-6H,1-2H3. The Kier molecular flexibility index (Phi) is 2.57. The van der Waals surface area contributed by atoms with Crippen molar-refractivity contribution in [1.82, 2.24) is 0 Å². The van der Waals surface area contributed by atoms with Crippen LogP contribution in [0.4, 0.5) is 8.78 Å². The summed E-state index contributed by atoms with van der Waals surface area (Å²) in [6.45, 7) is 3.50. The number of hydrogen-bond acceptors (Lipinski definition) is 1. The lowest BCUT2D eigenvalue weighted by Gasteiger charge is -2.03. The summed E-state index contributed by atoms with van der Waals surface area (Å²) in [5.74, 6) is -1.50.